The van der Waals surface area contributed by atoms with Crippen molar-refractivity contribution >= 4 is 17.8 Å². The molecule has 1 aliphatic rings. The van der Waals surface area contributed by atoms with Gasteiger partial charge in [-0.05, 0) is 55.9 Å². The third-order valence-corrected chi connectivity index (χ3v) is 6.17. The Hall–Kier alpha value is -3.39. The first-order valence-electron chi connectivity index (χ1n) is 11.4. The lowest BCUT2D eigenvalue weighted by atomic mass is 9.89. The maximum absolute atomic E-state index is 13.1. The average molecular weight is 488 g/mol. The predicted molar refractivity (Wildman–Crippen MR) is 126 cm³/mol. The van der Waals surface area contributed by atoms with Crippen molar-refractivity contribution < 1.29 is 32.6 Å². The number of halogens is 3. The molecule has 1 aliphatic carbocycles. The molecule has 0 bridgehead atoms. The first-order valence-corrected chi connectivity index (χ1v) is 11.4. The molecular formula is C27H28F3NO4. The van der Waals surface area contributed by atoms with Gasteiger partial charge in [0.25, 0.3) is 0 Å². The fourth-order valence-electron chi connectivity index (χ4n) is 4.26. The Balaban J connectivity index is 1.55. The molecule has 2 unspecified atom stereocenters. The lowest BCUT2D eigenvalue weighted by Crippen LogP contribution is -2.25. The van der Waals surface area contributed by atoms with Crippen LogP contribution in [0.15, 0.2) is 65.8 Å². The van der Waals surface area contributed by atoms with E-state index in [1.807, 2.05) is 37.3 Å². The zero-order chi connectivity index (χ0) is 25.6. The van der Waals surface area contributed by atoms with Crippen molar-refractivity contribution in [1.82, 2.24) is 0 Å². The number of rotatable bonds is 8. The molecule has 2 atom stereocenters. The number of aromatic hydroxyl groups is 1. The summed E-state index contributed by atoms with van der Waals surface area (Å²) in [5.41, 5.74) is 7.23. The van der Waals surface area contributed by atoms with Gasteiger partial charge in [0, 0.05) is 23.6 Å². The van der Waals surface area contributed by atoms with Gasteiger partial charge < -0.3 is 15.6 Å². The topological polar surface area (TPSA) is 89.6 Å². The Morgan fingerprint density at radius 1 is 1.20 bits per heavy atom. The summed E-state index contributed by atoms with van der Waals surface area (Å²) in [7, 11) is 0. The number of esters is 1. The van der Waals surface area contributed by atoms with Crippen molar-refractivity contribution in [1.29, 1.82) is 0 Å². The van der Waals surface area contributed by atoms with E-state index >= 15 is 0 Å². The number of para-hydroxylation sites is 1. The van der Waals surface area contributed by atoms with Crippen molar-refractivity contribution in [2.45, 2.75) is 44.8 Å². The van der Waals surface area contributed by atoms with Crippen LogP contribution in [-0.2, 0) is 20.5 Å². The highest BCUT2D eigenvalue weighted by molar-refractivity contribution is 6.00. The zero-order valence-corrected chi connectivity index (χ0v) is 19.3. The number of allylic oxidation sites excluding steroid dienone is 2. The standard InChI is InChI=1S/C27H28F3NO4/c1-17(7-6-16-35-23(32)15-12-18-8-3-2-4-9-18)19-13-14-21(25(19)33)24(31)20-10-5-11-22(26(20)34)27(28,29)30/h2-5,8-12,15,21,24,34H,6-7,13-14,16,31H2,1H3/b15-12+,19-17+. The second kappa shape index (κ2) is 11.4. The van der Waals surface area contributed by atoms with Crippen LogP contribution in [0.1, 0.15) is 55.3 Å². The fourth-order valence-corrected chi connectivity index (χ4v) is 4.26. The van der Waals surface area contributed by atoms with E-state index in [1.165, 1.54) is 18.2 Å². The zero-order valence-electron chi connectivity index (χ0n) is 19.3. The molecule has 2 aromatic rings. The van der Waals surface area contributed by atoms with Gasteiger partial charge in [-0.1, -0.05) is 48.0 Å². The summed E-state index contributed by atoms with van der Waals surface area (Å²) in [5, 5.41) is 10.1. The Bertz CT molecular complexity index is 1120. The van der Waals surface area contributed by atoms with E-state index in [0.29, 0.717) is 31.3 Å². The van der Waals surface area contributed by atoms with Gasteiger partial charge in [0.2, 0.25) is 0 Å². The number of ketones is 1. The predicted octanol–water partition coefficient (Wildman–Crippen LogP) is 5.74. The van der Waals surface area contributed by atoms with Crippen molar-refractivity contribution in [2.24, 2.45) is 11.7 Å². The van der Waals surface area contributed by atoms with Crippen LogP contribution in [0, 0.1) is 5.92 Å². The fraction of sp³-hybridized carbons (Fsp3) is 0.333. The first kappa shape index (κ1) is 26.2. The number of hydrogen-bond acceptors (Lipinski definition) is 5. The third kappa shape index (κ3) is 6.60. The van der Waals surface area contributed by atoms with Crippen LogP contribution in [-0.4, -0.2) is 23.5 Å². The van der Waals surface area contributed by atoms with Crippen LogP contribution < -0.4 is 5.73 Å². The Kier molecular flexibility index (Phi) is 8.51. The number of benzene rings is 2. The minimum Gasteiger partial charge on any atom is -0.507 e. The van der Waals surface area contributed by atoms with Gasteiger partial charge in [0.1, 0.15) is 5.75 Å². The lowest BCUT2D eigenvalue weighted by molar-refractivity contribution is -0.139. The molecule has 35 heavy (non-hydrogen) atoms. The average Bonchev–Trinajstić information content (AvgIpc) is 3.21. The van der Waals surface area contributed by atoms with E-state index in [9.17, 15) is 27.9 Å². The van der Waals surface area contributed by atoms with Crippen molar-refractivity contribution in [3.8, 4) is 5.75 Å². The van der Waals surface area contributed by atoms with E-state index in [2.05, 4.69) is 0 Å². The number of alkyl halides is 3. The lowest BCUT2D eigenvalue weighted by Gasteiger charge is -2.21. The van der Waals surface area contributed by atoms with Gasteiger partial charge in [0.15, 0.2) is 5.78 Å². The molecule has 3 N–H and O–H groups in total. The number of phenolic OH excluding ortho intramolecular Hbond substituents is 1. The summed E-state index contributed by atoms with van der Waals surface area (Å²) in [6.45, 7) is 2.01. The van der Waals surface area contributed by atoms with Crippen LogP contribution in [0.3, 0.4) is 0 Å². The Morgan fingerprint density at radius 2 is 1.91 bits per heavy atom. The number of carbonyl (C=O) groups excluding carboxylic acids is 2. The highest BCUT2D eigenvalue weighted by Gasteiger charge is 2.39. The molecule has 2 aromatic carbocycles. The summed E-state index contributed by atoms with van der Waals surface area (Å²) >= 11 is 0. The normalized spacial score (nSPS) is 18.7. The number of nitrogens with two attached hydrogens (primary N) is 1. The number of phenols is 1. The van der Waals surface area contributed by atoms with Gasteiger partial charge in [-0.25, -0.2) is 4.79 Å². The van der Waals surface area contributed by atoms with E-state index < -0.39 is 35.4 Å². The van der Waals surface area contributed by atoms with E-state index in [-0.39, 0.29) is 18.0 Å². The van der Waals surface area contributed by atoms with Gasteiger partial charge in [0.05, 0.1) is 12.2 Å². The second-order valence-electron chi connectivity index (χ2n) is 8.55. The van der Waals surface area contributed by atoms with Crippen molar-refractivity contribution in [2.75, 3.05) is 6.61 Å². The van der Waals surface area contributed by atoms with Crippen LogP contribution in [0.25, 0.3) is 6.08 Å². The molecule has 186 valence electrons. The number of carbonyl (C=O) groups is 2. The molecule has 1 saturated carbocycles. The van der Waals surface area contributed by atoms with E-state index in [0.717, 1.165) is 17.2 Å². The van der Waals surface area contributed by atoms with Crippen molar-refractivity contribution in [3.63, 3.8) is 0 Å². The molecule has 5 nitrogen and oxygen atoms in total. The first-order chi connectivity index (χ1) is 16.6. The largest absolute Gasteiger partial charge is 0.507 e. The number of ether oxygens (including phenoxy) is 1. The van der Waals surface area contributed by atoms with Crippen LogP contribution in [0.4, 0.5) is 13.2 Å². The monoisotopic (exact) mass is 487 g/mol. The quantitative estimate of drug-likeness (QED) is 0.281. The summed E-state index contributed by atoms with van der Waals surface area (Å²) in [4.78, 5) is 24.8. The highest BCUT2D eigenvalue weighted by atomic mass is 19.4. The molecule has 0 radical (unpaired) electrons. The summed E-state index contributed by atoms with van der Waals surface area (Å²) in [5.74, 6) is -2.31. The third-order valence-electron chi connectivity index (χ3n) is 6.17. The molecule has 0 heterocycles. The summed E-state index contributed by atoms with van der Waals surface area (Å²) in [6.07, 6.45) is 0.215. The molecule has 0 saturated heterocycles. The van der Waals surface area contributed by atoms with Gasteiger partial charge in [-0.2, -0.15) is 13.2 Å². The second-order valence-corrected chi connectivity index (χ2v) is 8.55. The van der Waals surface area contributed by atoms with Gasteiger partial charge >= 0.3 is 12.1 Å². The summed E-state index contributed by atoms with van der Waals surface area (Å²) in [6, 6.07) is 11.6. The molecule has 0 aliphatic heterocycles. The maximum atomic E-state index is 13.1. The van der Waals surface area contributed by atoms with Gasteiger partial charge in [-0.15, -0.1) is 0 Å². The molecular weight excluding hydrogens is 459 g/mol. The summed E-state index contributed by atoms with van der Waals surface area (Å²) < 4.78 is 44.6. The maximum Gasteiger partial charge on any atom is 0.419 e. The van der Waals surface area contributed by atoms with Crippen LogP contribution >= 0.6 is 0 Å². The van der Waals surface area contributed by atoms with Crippen LogP contribution in [0.5, 0.6) is 5.75 Å². The molecule has 0 amide bonds. The van der Waals surface area contributed by atoms with Crippen LogP contribution in [0.2, 0.25) is 0 Å². The van der Waals surface area contributed by atoms with E-state index in [1.54, 1.807) is 6.08 Å². The van der Waals surface area contributed by atoms with Gasteiger partial charge in [-0.3, -0.25) is 4.79 Å². The number of Topliss-reactive ketones (excluding diaryl/α,β-unsaturated/α-hetero) is 1. The molecule has 0 aromatic heterocycles. The molecule has 3 rings (SSSR count). The number of hydrogen-bond donors (Lipinski definition) is 2. The van der Waals surface area contributed by atoms with E-state index in [4.69, 9.17) is 10.5 Å². The van der Waals surface area contributed by atoms with Crippen molar-refractivity contribution in [3.05, 3.63) is 82.4 Å². The SMILES string of the molecule is C/C(CCCOC(=O)/C=C/c1ccccc1)=C1/CCC(C(N)c2cccc(C(F)(F)F)c2O)C1=O. The highest BCUT2D eigenvalue weighted by Crippen LogP contribution is 2.43. The Labute approximate surface area is 202 Å². The minimum atomic E-state index is -4.72. The molecule has 8 heteroatoms. The molecule has 0 spiro atoms. The molecule has 1 fully saturated rings. The minimum absolute atomic E-state index is 0.0902. The Morgan fingerprint density at radius 3 is 2.60 bits per heavy atom. The smallest absolute Gasteiger partial charge is 0.419 e.